The fraction of sp³-hybridized carbons (Fsp3) is 0.688. The van der Waals surface area contributed by atoms with Gasteiger partial charge in [0.05, 0.1) is 16.7 Å². The zero-order valence-electron chi connectivity index (χ0n) is 14.4. The van der Waals surface area contributed by atoms with Gasteiger partial charge in [-0.3, -0.25) is 4.79 Å². The molecule has 0 aromatic carbocycles. The summed E-state index contributed by atoms with van der Waals surface area (Å²) in [6.07, 6.45) is 1.63. The molecular weight excluding hydrogens is 314 g/mol. The van der Waals surface area contributed by atoms with Crippen molar-refractivity contribution >= 4 is 23.3 Å². The highest BCUT2D eigenvalue weighted by atomic mass is 32.1. The molecule has 1 saturated carbocycles. The van der Waals surface area contributed by atoms with Gasteiger partial charge in [-0.15, -0.1) is 11.3 Å². The van der Waals surface area contributed by atoms with Crippen molar-refractivity contribution in [1.29, 1.82) is 0 Å². The minimum Gasteiger partial charge on any atom is -0.444 e. The molecule has 1 fully saturated rings. The Bertz CT molecular complexity index is 590. The Balaban J connectivity index is 1.98. The number of carbonyl (C=O) groups excluding carboxylic acids is 2. The van der Waals surface area contributed by atoms with Crippen LogP contribution >= 0.6 is 11.3 Å². The topological polar surface area (TPSA) is 80.3 Å². The van der Waals surface area contributed by atoms with E-state index in [4.69, 9.17) is 4.74 Å². The van der Waals surface area contributed by atoms with Crippen LogP contribution in [-0.2, 0) is 4.74 Å². The maximum atomic E-state index is 12.5. The van der Waals surface area contributed by atoms with E-state index in [0.717, 1.165) is 18.5 Å². The second-order valence-corrected chi connectivity index (χ2v) is 8.12. The monoisotopic (exact) mass is 339 g/mol. The van der Waals surface area contributed by atoms with E-state index in [0.29, 0.717) is 17.3 Å². The van der Waals surface area contributed by atoms with Crippen LogP contribution in [-0.4, -0.2) is 34.7 Å². The molecule has 1 aromatic heterocycles. The van der Waals surface area contributed by atoms with Crippen LogP contribution in [0.15, 0.2) is 5.51 Å². The van der Waals surface area contributed by atoms with E-state index in [1.165, 1.54) is 11.3 Å². The van der Waals surface area contributed by atoms with Crippen LogP contribution in [0.3, 0.4) is 0 Å². The molecule has 2 rings (SSSR count). The average molecular weight is 339 g/mol. The van der Waals surface area contributed by atoms with Gasteiger partial charge in [0, 0.05) is 6.54 Å². The van der Waals surface area contributed by atoms with E-state index in [2.05, 4.69) is 15.6 Å². The van der Waals surface area contributed by atoms with Gasteiger partial charge in [-0.05, 0) is 53.4 Å². The molecule has 6 nitrogen and oxygen atoms in total. The number of aromatic nitrogens is 1. The van der Waals surface area contributed by atoms with Gasteiger partial charge in [-0.25, -0.2) is 9.78 Å². The largest absolute Gasteiger partial charge is 0.444 e. The number of carbonyl (C=O) groups is 2. The van der Waals surface area contributed by atoms with Crippen LogP contribution in [0.5, 0.6) is 0 Å². The number of nitrogens with zero attached hydrogens (tertiary/aromatic N) is 1. The van der Waals surface area contributed by atoms with E-state index >= 15 is 0 Å². The summed E-state index contributed by atoms with van der Waals surface area (Å²) in [4.78, 5) is 29.1. The molecular formula is C16H25N3O3S. The molecule has 0 saturated heterocycles. The van der Waals surface area contributed by atoms with Crippen molar-refractivity contribution in [3.8, 4) is 0 Å². The molecule has 1 heterocycles. The lowest BCUT2D eigenvalue weighted by atomic mass is 9.95. The second-order valence-electron chi connectivity index (χ2n) is 7.27. The van der Waals surface area contributed by atoms with Crippen LogP contribution in [0.25, 0.3) is 0 Å². The second kappa shape index (κ2) is 6.47. The number of hydrogen-bond donors (Lipinski definition) is 2. The SMILES string of the molecule is Cc1ncsc1C(=O)NC(C)(CNC(=O)OC(C)(C)C)C1CC1. The highest BCUT2D eigenvalue weighted by molar-refractivity contribution is 7.11. The summed E-state index contributed by atoms with van der Waals surface area (Å²) in [5.74, 6) is 0.236. The molecule has 0 bridgehead atoms. The van der Waals surface area contributed by atoms with Crippen molar-refractivity contribution in [2.45, 2.75) is 58.6 Å². The van der Waals surface area contributed by atoms with Gasteiger partial charge in [-0.1, -0.05) is 0 Å². The van der Waals surface area contributed by atoms with Crippen LogP contribution in [0.4, 0.5) is 4.79 Å². The standard InChI is InChI=1S/C16H25N3O3S/c1-10-12(23-9-18-10)13(20)19-16(5,11-6-7-11)8-17-14(21)22-15(2,3)4/h9,11H,6-8H2,1-5H3,(H,17,21)(H,19,20). The molecule has 1 aromatic rings. The van der Waals surface area contributed by atoms with Gasteiger partial charge in [0.2, 0.25) is 0 Å². The summed E-state index contributed by atoms with van der Waals surface area (Å²) in [6.45, 7) is 9.59. The van der Waals surface area contributed by atoms with Crippen LogP contribution < -0.4 is 10.6 Å². The number of amides is 2. The molecule has 128 valence electrons. The smallest absolute Gasteiger partial charge is 0.407 e. The first-order chi connectivity index (χ1) is 10.6. The number of ether oxygens (including phenoxy) is 1. The summed E-state index contributed by atoms with van der Waals surface area (Å²) in [5, 5.41) is 5.86. The first kappa shape index (κ1) is 17.7. The number of hydrogen-bond acceptors (Lipinski definition) is 5. The molecule has 0 radical (unpaired) electrons. The molecule has 1 atom stereocenters. The zero-order chi connectivity index (χ0) is 17.3. The third kappa shape index (κ3) is 4.92. The molecule has 7 heteroatoms. The summed E-state index contributed by atoms with van der Waals surface area (Å²) in [5.41, 5.74) is 1.37. The average Bonchev–Trinajstić information content (AvgIpc) is 3.18. The summed E-state index contributed by atoms with van der Waals surface area (Å²) >= 11 is 1.33. The molecule has 0 spiro atoms. The van der Waals surface area contributed by atoms with E-state index in [1.54, 1.807) is 5.51 Å². The molecule has 2 amide bonds. The van der Waals surface area contributed by atoms with Gasteiger partial charge in [0.1, 0.15) is 10.5 Å². The highest BCUT2D eigenvalue weighted by Crippen LogP contribution is 2.39. The first-order valence-corrected chi connectivity index (χ1v) is 8.68. The number of alkyl carbamates (subject to hydrolysis) is 1. The zero-order valence-corrected chi connectivity index (χ0v) is 15.2. The normalized spacial score (nSPS) is 17.3. The minimum atomic E-state index is -0.539. The maximum Gasteiger partial charge on any atom is 0.407 e. The van der Waals surface area contributed by atoms with Gasteiger partial charge in [0.15, 0.2) is 0 Å². The third-order valence-electron chi connectivity index (χ3n) is 3.83. The molecule has 2 N–H and O–H groups in total. The predicted octanol–water partition coefficient (Wildman–Crippen LogP) is 2.87. The summed E-state index contributed by atoms with van der Waals surface area (Å²) in [7, 11) is 0. The van der Waals surface area contributed by atoms with Crippen molar-refractivity contribution in [2.75, 3.05) is 6.54 Å². The van der Waals surface area contributed by atoms with Gasteiger partial charge < -0.3 is 15.4 Å². The van der Waals surface area contributed by atoms with Crippen molar-refractivity contribution in [2.24, 2.45) is 5.92 Å². The van der Waals surface area contributed by atoms with E-state index in [9.17, 15) is 9.59 Å². The molecule has 1 aliphatic carbocycles. The predicted molar refractivity (Wildman–Crippen MR) is 89.7 cm³/mol. The Hall–Kier alpha value is -1.63. The van der Waals surface area contributed by atoms with Crippen LogP contribution in [0.1, 0.15) is 55.9 Å². The lowest BCUT2D eigenvalue weighted by molar-refractivity contribution is 0.0502. The summed E-state index contributed by atoms with van der Waals surface area (Å²) < 4.78 is 5.26. The molecule has 1 unspecified atom stereocenters. The maximum absolute atomic E-state index is 12.5. The van der Waals surface area contributed by atoms with Gasteiger partial charge in [0.25, 0.3) is 5.91 Å². The Labute approximate surface area is 141 Å². The first-order valence-electron chi connectivity index (χ1n) is 7.80. The fourth-order valence-electron chi connectivity index (χ4n) is 2.42. The lowest BCUT2D eigenvalue weighted by Gasteiger charge is -2.31. The Kier molecular flexibility index (Phi) is 4.98. The minimum absolute atomic E-state index is 0.134. The van der Waals surface area contributed by atoms with Crippen molar-refractivity contribution < 1.29 is 14.3 Å². The number of nitrogens with one attached hydrogen (secondary N) is 2. The van der Waals surface area contributed by atoms with E-state index < -0.39 is 17.2 Å². The quantitative estimate of drug-likeness (QED) is 0.864. The molecule has 1 aliphatic rings. The third-order valence-corrected chi connectivity index (χ3v) is 4.76. The van der Waals surface area contributed by atoms with Gasteiger partial charge >= 0.3 is 6.09 Å². The Morgan fingerprint density at radius 3 is 2.48 bits per heavy atom. The number of rotatable bonds is 5. The highest BCUT2D eigenvalue weighted by Gasteiger charge is 2.43. The van der Waals surface area contributed by atoms with Crippen LogP contribution in [0.2, 0.25) is 0 Å². The lowest BCUT2D eigenvalue weighted by Crippen LogP contribution is -2.55. The van der Waals surface area contributed by atoms with Gasteiger partial charge in [-0.2, -0.15) is 0 Å². The van der Waals surface area contributed by atoms with E-state index in [1.807, 2.05) is 34.6 Å². The fourth-order valence-corrected chi connectivity index (χ4v) is 3.11. The molecule has 0 aliphatic heterocycles. The van der Waals surface area contributed by atoms with Crippen molar-refractivity contribution in [3.05, 3.63) is 16.1 Å². The summed E-state index contributed by atoms with van der Waals surface area (Å²) in [6, 6.07) is 0. The van der Waals surface area contributed by atoms with Crippen molar-refractivity contribution in [1.82, 2.24) is 15.6 Å². The Morgan fingerprint density at radius 2 is 2.00 bits per heavy atom. The number of aryl methyl sites for hydroxylation is 1. The van der Waals surface area contributed by atoms with Crippen LogP contribution in [0, 0.1) is 12.8 Å². The number of thiazole rings is 1. The van der Waals surface area contributed by atoms with Crippen molar-refractivity contribution in [3.63, 3.8) is 0 Å². The van der Waals surface area contributed by atoms with E-state index in [-0.39, 0.29) is 5.91 Å². The molecule has 23 heavy (non-hydrogen) atoms. The Morgan fingerprint density at radius 1 is 1.35 bits per heavy atom.